The molecule has 0 radical (unpaired) electrons. The quantitative estimate of drug-likeness (QED) is 0.173. The molecule has 0 bridgehead atoms. The van der Waals surface area contributed by atoms with Crippen LogP contribution in [0.25, 0.3) is 132 Å². The van der Waals surface area contributed by atoms with E-state index in [0.29, 0.717) is 0 Å². The highest BCUT2D eigenvalue weighted by Crippen LogP contribution is 2.42. The van der Waals surface area contributed by atoms with E-state index in [4.69, 9.17) is 8.83 Å². The number of rotatable bonds is 5. The van der Waals surface area contributed by atoms with E-state index in [-0.39, 0.29) is 0 Å². The number of hydrogen-bond acceptors (Lipinski definition) is 2. The van der Waals surface area contributed by atoms with Gasteiger partial charge in [0.25, 0.3) is 0 Å². The molecule has 4 nitrogen and oxygen atoms in total. The van der Waals surface area contributed by atoms with Crippen LogP contribution in [-0.4, -0.2) is 9.13 Å². The summed E-state index contributed by atoms with van der Waals surface area (Å²) < 4.78 is 17.8. The van der Waals surface area contributed by atoms with Crippen molar-refractivity contribution in [1.82, 2.24) is 9.13 Å². The molecule has 0 fully saturated rings. The fourth-order valence-corrected chi connectivity index (χ4v) is 10.4. The molecule has 0 N–H and O–H groups in total. The van der Waals surface area contributed by atoms with Crippen LogP contribution in [0.5, 0.6) is 0 Å². The third-order valence-corrected chi connectivity index (χ3v) is 13.3. The van der Waals surface area contributed by atoms with Gasteiger partial charge in [-0.05, 0) is 101 Å². The van der Waals surface area contributed by atoms with Crippen LogP contribution in [0.4, 0.5) is 0 Å². The number of aromatic nitrogens is 2. The third-order valence-electron chi connectivity index (χ3n) is 13.3. The van der Waals surface area contributed by atoms with Gasteiger partial charge in [-0.2, -0.15) is 0 Å². The lowest BCUT2D eigenvalue weighted by Gasteiger charge is -2.11. The van der Waals surface area contributed by atoms with Gasteiger partial charge in [-0.15, -0.1) is 0 Å². The van der Waals surface area contributed by atoms with Gasteiger partial charge in [0.1, 0.15) is 22.3 Å². The molecular weight excluding hydrogens is 781 g/mol. The van der Waals surface area contributed by atoms with E-state index in [1.165, 1.54) is 43.7 Å². The van der Waals surface area contributed by atoms with Gasteiger partial charge >= 0.3 is 0 Å². The van der Waals surface area contributed by atoms with Gasteiger partial charge in [-0.1, -0.05) is 140 Å². The molecule has 0 amide bonds. The number of hydrogen-bond donors (Lipinski definition) is 0. The topological polar surface area (TPSA) is 36.1 Å². The molecule has 0 aliphatic carbocycles. The van der Waals surface area contributed by atoms with E-state index < -0.39 is 0 Å². The second kappa shape index (κ2) is 13.4. The van der Waals surface area contributed by atoms with Gasteiger partial charge in [-0.25, -0.2) is 0 Å². The Morgan fingerprint density at radius 2 is 0.656 bits per heavy atom. The van der Waals surface area contributed by atoms with E-state index in [9.17, 15) is 0 Å². The van der Waals surface area contributed by atoms with Crippen molar-refractivity contribution in [3.05, 3.63) is 218 Å². The summed E-state index contributed by atoms with van der Waals surface area (Å²) in [5.74, 6) is 0. The molecule has 14 aromatic rings. The van der Waals surface area contributed by atoms with E-state index in [1.807, 2.05) is 18.2 Å². The zero-order valence-electron chi connectivity index (χ0n) is 34.5. The first-order valence-corrected chi connectivity index (χ1v) is 21.8. The Morgan fingerprint density at radius 3 is 1.25 bits per heavy atom. The maximum atomic E-state index is 6.56. The average molecular weight is 817 g/mol. The van der Waals surface area contributed by atoms with Gasteiger partial charge in [0.15, 0.2) is 0 Å². The largest absolute Gasteiger partial charge is 0.455 e. The van der Waals surface area contributed by atoms with Gasteiger partial charge in [0.05, 0.1) is 22.1 Å². The summed E-state index contributed by atoms with van der Waals surface area (Å²) >= 11 is 0. The fraction of sp³-hybridized carbons (Fsp3) is 0. The summed E-state index contributed by atoms with van der Waals surface area (Å²) in [6, 6.07) is 78.6. The van der Waals surface area contributed by atoms with Crippen LogP contribution in [0.3, 0.4) is 0 Å². The summed E-state index contributed by atoms with van der Waals surface area (Å²) in [5.41, 5.74) is 17.3. The van der Waals surface area contributed by atoms with E-state index in [0.717, 1.165) is 88.5 Å². The first kappa shape index (κ1) is 35.0. The first-order chi connectivity index (χ1) is 31.7. The molecule has 0 spiro atoms. The second-order valence-electron chi connectivity index (χ2n) is 16.8. The Hall–Kier alpha value is -8.60. The molecule has 0 atom stereocenters. The van der Waals surface area contributed by atoms with Gasteiger partial charge in [-0.3, -0.25) is 0 Å². The molecule has 0 saturated carbocycles. The molecule has 14 rings (SSSR count). The molecule has 4 heterocycles. The predicted octanol–water partition coefficient (Wildman–Crippen LogP) is 16.7. The SMILES string of the molecule is c1ccc(-n2c3ccccc3c3cc(-c4ccc5c(c4)c4cc(-c6cccc7c6oc6ccccc67)ccc4n5-c4ccc(-c5cccc6c5oc5ccccc56)cc4)ccc32)cc1. The maximum absolute atomic E-state index is 6.56. The normalized spacial score (nSPS) is 12.1. The van der Waals surface area contributed by atoms with Crippen LogP contribution in [0.2, 0.25) is 0 Å². The Bertz CT molecular complexity index is 4180. The maximum Gasteiger partial charge on any atom is 0.143 e. The summed E-state index contributed by atoms with van der Waals surface area (Å²) in [7, 11) is 0. The molecule has 298 valence electrons. The highest BCUT2D eigenvalue weighted by Gasteiger charge is 2.19. The lowest BCUT2D eigenvalue weighted by atomic mass is 9.98. The molecular formula is C60H36N2O2. The zero-order valence-corrected chi connectivity index (χ0v) is 34.5. The van der Waals surface area contributed by atoms with Crippen molar-refractivity contribution >= 4 is 87.5 Å². The highest BCUT2D eigenvalue weighted by atomic mass is 16.3. The van der Waals surface area contributed by atoms with Crippen LogP contribution in [0.15, 0.2) is 227 Å². The van der Waals surface area contributed by atoms with Crippen LogP contribution >= 0.6 is 0 Å². The number of para-hydroxylation sites is 6. The second-order valence-corrected chi connectivity index (χ2v) is 16.8. The average Bonchev–Trinajstić information content (AvgIpc) is 4.11. The molecule has 0 saturated heterocycles. The summed E-state index contributed by atoms with van der Waals surface area (Å²) in [6.45, 7) is 0. The van der Waals surface area contributed by atoms with E-state index in [1.54, 1.807) is 0 Å². The standard InChI is InChI=1S/C60H36N2O2/c1-2-12-41(13-3-1)61-53-21-7-4-14-45(53)50-34-38(26-31-54(50)61)39-27-32-55-51(35-39)52-36-40(44-18-11-20-49-47-16-6-9-23-58(47)64-60(44)49)28-33-56(52)62(55)42-29-24-37(25-30-42)43-17-10-19-48-46-15-5-8-22-57(46)63-59(43)48/h1-36H. The monoisotopic (exact) mass is 816 g/mol. The number of furan rings is 2. The van der Waals surface area contributed by atoms with Gasteiger partial charge < -0.3 is 18.0 Å². The molecule has 0 aliphatic rings. The van der Waals surface area contributed by atoms with Crippen molar-refractivity contribution in [2.75, 3.05) is 0 Å². The minimum atomic E-state index is 0.899. The molecule has 4 heteroatoms. The fourth-order valence-electron chi connectivity index (χ4n) is 10.4. The predicted molar refractivity (Wildman–Crippen MR) is 266 cm³/mol. The van der Waals surface area contributed by atoms with Crippen LogP contribution in [0, 0.1) is 0 Å². The highest BCUT2D eigenvalue weighted by molar-refractivity contribution is 6.15. The van der Waals surface area contributed by atoms with Crippen molar-refractivity contribution in [3.63, 3.8) is 0 Å². The Kier molecular flexibility index (Phi) is 7.36. The minimum Gasteiger partial charge on any atom is -0.455 e. The van der Waals surface area contributed by atoms with E-state index >= 15 is 0 Å². The van der Waals surface area contributed by atoms with Crippen LogP contribution in [0.1, 0.15) is 0 Å². The summed E-state index contributed by atoms with van der Waals surface area (Å²) in [5, 5.41) is 9.37. The van der Waals surface area contributed by atoms with Crippen molar-refractivity contribution in [2.45, 2.75) is 0 Å². The Morgan fingerprint density at radius 1 is 0.250 bits per heavy atom. The third kappa shape index (κ3) is 5.11. The smallest absolute Gasteiger partial charge is 0.143 e. The number of fused-ring (bicyclic) bond motifs is 12. The number of benzene rings is 10. The van der Waals surface area contributed by atoms with Crippen LogP contribution < -0.4 is 0 Å². The Labute approximate surface area is 367 Å². The first-order valence-electron chi connectivity index (χ1n) is 21.8. The zero-order chi connectivity index (χ0) is 41.9. The van der Waals surface area contributed by atoms with Crippen molar-refractivity contribution in [3.8, 4) is 44.8 Å². The molecule has 4 aromatic heterocycles. The molecule has 64 heavy (non-hydrogen) atoms. The Balaban J connectivity index is 0.960. The van der Waals surface area contributed by atoms with Crippen molar-refractivity contribution in [2.24, 2.45) is 0 Å². The lowest BCUT2D eigenvalue weighted by Crippen LogP contribution is -1.94. The molecule has 10 aromatic carbocycles. The minimum absolute atomic E-state index is 0.899. The van der Waals surface area contributed by atoms with Crippen LogP contribution in [-0.2, 0) is 0 Å². The summed E-state index contributed by atoms with van der Waals surface area (Å²) in [4.78, 5) is 0. The van der Waals surface area contributed by atoms with Crippen molar-refractivity contribution in [1.29, 1.82) is 0 Å². The summed E-state index contributed by atoms with van der Waals surface area (Å²) in [6.07, 6.45) is 0. The van der Waals surface area contributed by atoms with Gasteiger partial charge in [0, 0.05) is 65.6 Å². The molecule has 0 unspecified atom stereocenters. The number of nitrogens with zero attached hydrogens (tertiary/aromatic N) is 2. The molecule has 0 aliphatic heterocycles. The van der Waals surface area contributed by atoms with E-state index in [2.05, 4.69) is 209 Å². The van der Waals surface area contributed by atoms with Crippen molar-refractivity contribution < 1.29 is 8.83 Å². The lowest BCUT2D eigenvalue weighted by molar-refractivity contribution is 0.669. The van der Waals surface area contributed by atoms with Gasteiger partial charge in [0.2, 0.25) is 0 Å².